The Balaban J connectivity index is 0.00000272. The first-order chi connectivity index (χ1) is 15.1. The van der Waals surface area contributed by atoms with E-state index in [4.69, 9.17) is 4.74 Å². The molecule has 1 saturated heterocycles. The van der Waals surface area contributed by atoms with Crippen LogP contribution in [0.5, 0.6) is 5.75 Å². The molecule has 1 N–H and O–H groups in total. The highest BCUT2D eigenvalue weighted by atomic mass is 35.5. The van der Waals surface area contributed by atoms with Crippen molar-refractivity contribution in [2.45, 2.75) is 20.3 Å². The van der Waals surface area contributed by atoms with E-state index in [0.717, 1.165) is 69.2 Å². The number of benzene rings is 2. The summed E-state index contributed by atoms with van der Waals surface area (Å²) in [5, 5.41) is 9.21. The number of aliphatic hydroxyl groups excluding tert-OH is 1. The number of methoxy groups -OCH3 is 1. The number of para-hydroxylation sites is 1. The Morgan fingerprint density at radius 3 is 2.18 bits per heavy atom. The molecule has 2 aromatic carbocycles. The second-order valence-corrected chi connectivity index (χ2v) is 7.87. The zero-order valence-corrected chi connectivity index (χ0v) is 21.5. The predicted octanol–water partition coefficient (Wildman–Crippen LogP) is 3.73. The van der Waals surface area contributed by atoms with E-state index in [1.807, 2.05) is 43.0 Å². The van der Waals surface area contributed by atoms with Gasteiger partial charge in [0.15, 0.2) is 0 Å². The van der Waals surface area contributed by atoms with E-state index >= 15 is 0 Å². The summed E-state index contributed by atoms with van der Waals surface area (Å²) in [4.78, 5) is 19.1. The van der Waals surface area contributed by atoms with E-state index in [1.165, 1.54) is 11.1 Å². The number of ether oxygens (including phenoxy) is 1. The first-order valence-corrected chi connectivity index (χ1v) is 11.2. The summed E-state index contributed by atoms with van der Waals surface area (Å²) in [5.41, 5.74) is 4.28. The number of anilines is 1. The van der Waals surface area contributed by atoms with Gasteiger partial charge in [0.1, 0.15) is 5.75 Å². The van der Waals surface area contributed by atoms with Crippen molar-refractivity contribution in [3.63, 3.8) is 0 Å². The molecule has 1 aliphatic heterocycles. The first kappa shape index (κ1) is 29.0. The fourth-order valence-corrected chi connectivity index (χ4v) is 4.25. The first-order valence-electron chi connectivity index (χ1n) is 11.2. The van der Waals surface area contributed by atoms with Crippen LogP contribution in [0, 0.1) is 0 Å². The molecule has 0 saturated carbocycles. The van der Waals surface area contributed by atoms with E-state index in [9.17, 15) is 9.90 Å². The van der Waals surface area contributed by atoms with Gasteiger partial charge in [-0.05, 0) is 49.6 Å². The smallest absolute Gasteiger partial charge is 0.253 e. The minimum Gasteiger partial charge on any atom is -0.495 e. The van der Waals surface area contributed by atoms with Gasteiger partial charge in [0.05, 0.1) is 19.4 Å². The maximum absolute atomic E-state index is 12.6. The van der Waals surface area contributed by atoms with Gasteiger partial charge in [-0.15, -0.1) is 24.8 Å². The van der Waals surface area contributed by atoms with Crippen LogP contribution in [0.1, 0.15) is 35.3 Å². The summed E-state index contributed by atoms with van der Waals surface area (Å²) in [6.45, 7) is 10.0. The van der Waals surface area contributed by atoms with Crippen molar-refractivity contribution in [3.05, 3.63) is 59.2 Å². The molecule has 2 aromatic rings. The SMILES string of the molecule is CCN(CC)C(=O)c1ccc(Cc2cccc(OC)c2N2CCN(CCO)CC2)cc1.Cl.Cl. The third kappa shape index (κ3) is 7.24. The average Bonchev–Trinajstić information content (AvgIpc) is 2.81. The summed E-state index contributed by atoms with van der Waals surface area (Å²) >= 11 is 0. The predicted molar refractivity (Wildman–Crippen MR) is 140 cm³/mol. The van der Waals surface area contributed by atoms with E-state index in [2.05, 4.69) is 28.0 Å². The summed E-state index contributed by atoms with van der Waals surface area (Å²) < 4.78 is 5.71. The number of rotatable bonds is 9. The molecule has 1 amide bonds. The van der Waals surface area contributed by atoms with Crippen LogP contribution in [0.3, 0.4) is 0 Å². The van der Waals surface area contributed by atoms with Crippen LogP contribution in [0.15, 0.2) is 42.5 Å². The molecule has 0 aromatic heterocycles. The monoisotopic (exact) mass is 497 g/mol. The number of amides is 1. The Kier molecular flexibility index (Phi) is 12.6. The van der Waals surface area contributed by atoms with Crippen LogP contribution in [0.25, 0.3) is 0 Å². The van der Waals surface area contributed by atoms with Crippen molar-refractivity contribution in [2.24, 2.45) is 0 Å². The van der Waals surface area contributed by atoms with Gasteiger partial charge < -0.3 is 19.6 Å². The van der Waals surface area contributed by atoms with Crippen LogP contribution in [-0.2, 0) is 6.42 Å². The van der Waals surface area contributed by atoms with Crippen LogP contribution >= 0.6 is 24.8 Å². The van der Waals surface area contributed by atoms with E-state index in [-0.39, 0.29) is 37.3 Å². The van der Waals surface area contributed by atoms with Gasteiger partial charge in [0, 0.05) is 51.4 Å². The molecule has 33 heavy (non-hydrogen) atoms. The largest absolute Gasteiger partial charge is 0.495 e. The number of hydrogen-bond acceptors (Lipinski definition) is 5. The van der Waals surface area contributed by atoms with E-state index in [1.54, 1.807) is 7.11 Å². The maximum atomic E-state index is 12.6. The fraction of sp³-hybridized carbons (Fsp3) is 0.480. The third-order valence-corrected chi connectivity index (χ3v) is 6.05. The summed E-state index contributed by atoms with van der Waals surface area (Å²) in [7, 11) is 1.72. The number of carbonyl (C=O) groups excluding carboxylic acids is 1. The molecule has 184 valence electrons. The van der Waals surface area contributed by atoms with Crippen molar-refractivity contribution in [1.29, 1.82) is 0 Å². The minimum absolute atomic E-state index is 0. The molecule has 1 fully saturated rings. The lowest BCUT2D eigenvalue weighted by atomic mass is 10.00. The number of β-amino-alcohol motifs (C(OH)–C–C–N with tert-alkyl or cyclic N) is 1. The zero-order chi connectivity index (χ0) is 22.2. The minimum atomic E-state index is 0. The average molecular weight is 498 g/mol. The quantitative estimate of drug-likeness (QED) is 0.571. The molecule has 3 rings (SSSR count). The molecule has 0 spiro atoms. The van der Waals surface area contributed by atoms with Crippen molar-refractivity contribution in [2.75, 3.05) is 64.4 Å². The Bertz CT molecular complexity index is 852. The molecule has 0 atom stereocenters. The number of nitrogens with zero attached hydrogens (tertiary/aromatic N) is 3. The highest BCUT2D eigenvalue weighted by Crippen LogP contribution is 2.34. The number of piperazine rings is 1. The Labute approximate surface area is 210 Å². The van der Waals surface area contributed by atoms with E-state index in [0.29, 0.717) is 0 Å². The molecule has 6 nitrogen and oxygen atoms in total. The molecule has 0 bridgehead atoms. The standard InChI is InChI=1S/C25H35N3O3.2ClH/c1-4-27(5-2)25(30)21-11-9-20(10-12-21)19-22-7-6-8-23(31-3)24(22)28-15-13-26(14-16-28)17-18-29;;/h6-12,29H,4-5,13-19H2,1-3H3;2*1H. The molecule has 1 heterocycles. The fourth-order valence-electron chi connectivity index (χ4n) is 4.25. The highest BCUT2D eigenvalue weighted by Gasteiger charge is 2.22. The zero-order valence-electron chi connectivity index (χ0n) is 19.8. The van der Waals surface area contributed by atoms with E-state index < -0.39 is 0 Å². The number of halogens is 2. The summed E-state index contributed by atoms with van der Waals surface area (Å²) in [5.74, 6) is 0.973. The lowest BCUT2D eigenvalue weighted by molar-refractivity contribution is 0.0773. The third-order valence-electron chi connectivity index (χ3n) is 6.05. The van der Waals surface area contributed by atoms with Crippen LogP contribution in [-0.4, -0.2) is 80.3 Å². The maximum Gasteiger partial charge on any atom is 0.253 e. The molecule has 0 aliphatic carbocycles. The Hall–Kier alpha value is -1.99. The van der Waals surface area contributed by atoms with Gasteiger partial charge in [-0.3, -0.25) is 9.69 Å². The van der Waals surface area contributed by atoms with Crippen molar-refractivity contribution < 1.29 is 14.6 Å². The van der Waals surface area contributed by atoms with Gasteiger partial charge in [-0.2, -0.15) is 0 Å². The highest BCUT2D eigenvalue weighted by molar-refractivity contribution is 5.94. The second-order valence-electron chi connectivity index (χ2n) is 7.87. The van der Waals surface area contributed by atoms with Gasteiger partial charge in [-0.1, -0.05) is 24.3 Å². The molecular weight excluding hydrogens is 461 g/mol. The lowest BCUT2D eigenvalue weighted by Gasteiger charge is -2.37. The molecular formula is C25H37Cl2N3O3. The normalized spacial score (nSPS) is 13.6. The van der Waals surface area contributed by atoms with Crippen molar-refractivity contribution in [1.82, 2.24) is 9.80 Å². The summed E-state index contributed by atoms with van der Waals surface area (Å²) in [6, 6.07) is 14.2. The second kappa shape index (κ2) is 14.3. The van der Waals surface area contributed by atoms with Crippen LogP contribution in [0.2, 0.25) is 0 Å². The molecule has 0 radical (unpaired) electrons. The molecule has 1 aliphatic rings. The van der Waals surface area contributed by atoms with Crippen molar-refractivity contribution in [3.8, 4) is 5.75 Å². The van der Waals surface area contributed by atoms with Crippen molar-refractivity contribution >= 4 is 36.4 Å². The number of hydrogen-bond donors (Lipinski definition) is 1. The van der Waals surface area contributed by atoms with Gasteiger partial charge in [0.25, 0.3) is 5.91 Å². The van der Waals surface area contributed by atoms with Crippen LogP contribution < -0.4 is 9.64 Å². The molecule has 8 heteroatoms. The lowest BCUT2D eigenvalue weighted by Crippen LogP contribution is -2.47. The van der Waals surface area contributed by atoms with Gasteiger partial charge >= 0.3 is 0 Å². The molecule has 0 unspecified atom stereocenters. The number of carbonyl (C=O) groups is 1. The Morgan fingerprint density at radius 2 is 1.64 bits per heavy atom. The van der Waals surface area contributed by atoms with Crippen LogP contribution in [0.4, 0.5) is 5.69 Å². The number of aliphatic hydroxyl groups is 1. The summed E-state index contributed by atoms with van der Waals surface area (Å²) in [6.07, 6.45) is 0.781. The Morgan fingerprint density at radius 1 is 1.00 bits per heavy atom. The van der Waals surface area contributed by atoms with Gasteiger partial charge in [0.2, 0.25) is 0 Å². The van der Waals surface area contributed by atoms with Gasteiger partial charge in [-0.25, -0.2) is 0 Å². The topological polar surface area (TPSA) is 56.2 Å².